The van der Waals surface area contributed by atoms with E-state index >= 15 is 0 Å². The summed E-state index contributed by atoms with van der Waals surface area (Å²) in [7, 11) is 1.57. The van der Waals surface area contributed by atoms with Crippen LogP contribution in [0.25, 0.3) is 0 Å². The molecule has 1 aliphatic rings. The van der Waals surface area contributed by atoms with Gasteiger partial charge in [0.05, 0.1) is 17.8 Å². The van der Waals surface area contributed by atoms with Gasteiger partial charge < -0.3 is 15.4 Å². The Morgan fingerprint density at radius 3 is 2.50 bits per heavy atom. The third-order valence-electron chi connectivity index (χ3n) is 3.86. The maximum atomic E-state index is 10.8. The molecule has 122 valence electrons. The number of anilines is 1. The van der Waals surface area contributed by atoms with Crippen molar-refractivity contribution in [1.82, 2.24) is 4.90 Å². The molecule has 0 atom stereocenters. The van der Waals surface area contributed by atoms with E-state index in [4.69, 9.17) is 33.7 Å². The maximum Gasteiger partial charge on any atom is 0.217 e. The summed E-state index contributed by atoms with van der Waals surface area (Å²) in [5.41, 5.74) is 6.09. The van der Waals surface area contributed by atoms with E-state index in [1.165, 1.54) is 0 Å². The molecular weight excluding hydrogens is 325 g/mol. The van der Waals surface area contributed by atoms with Gasteiger partial charge in [-0.3, -0.25) is 9.69 Å². The molecule has 0 aliphatic carbocycles. The molecule has 0 aromatic heterocycles. The highest BCUT2D eigenvalue weighted by molar-refractivity contribution is 6.44. The Bertz CT molecular complexity index is 532. The molecule has 1 aromatic rings. The number of carbonyl (C=O) groups excluding carboxylic acids is 1. The molecule has 1 aliphatic heterocycles. The fourth-order valence-electron chi connectivity index (χ4n) is 2.61. The third kappa shape index (κ3) is 4.18. The number of methoxy groups -OCH3 is 1. The zero-order valence-electron chi connectivity index (χ0n) is 12.6. The summed E-state index contributed by atoms with van der Waals surface area (Å²) in [6, 6.07) is 3.78. The summed E-state index contributed by atoms with van der Waals surface area (Å²) in [4.78, 5) is 15.3. The number of halogens is 2. The monoisotopic (exact) mass is 345 g/mol. The first-order valence-corrected chi connectivity index (χ1v) is 8.06. The van der Waals surface area contributed by atoms with Gasteiger partial charge in [-0.15, -0.1) is 0 Å². The van der Waals surface area contributed by atoms with Gasteiger partial charge in [-0.2, -0.15) is 0 Å². The van der Waals surface area contributed by atoms with Crippen LogP contribution in [0.3, 0.4) is 0 Å². The van der Waals surface area contributed by atoms with Gasteiger partial charge in [0.15, 0.2) is 0 Å². The Labute approximate surface area is 140 Å². The molecule has 1 fully saturated rings. The number of nitrogens with two attached hydrogens (primary N) is 1. The van der Waals surface area contributed by atoms with Crippen molar-refractivity contribution in [3.8, 4) is 5.75 Å². The van der Waals surface area contributed by atoms with E-state index in [9.17, 15) is 4.79 Å². The highest BCUT2D eigenvalue weighted by atomic mass is 35.5. The summed E-state index contributed by atoms with van der Waals surface area (Å²) in [5.74, 6) is 0.346. The van der Waals surface area contributed by atoms with Crippen LogP contribution in [0.15, 0.2) is 12.1 Å². The lowest BCUT2D eigenvalue weighted by atomic mass is 10.2. The number of benzene rings is 1. The number of piperazine rings is 1. The minimum Gasteiger partial charge on any atom is -0.495 e. The van der Waals surface area contributed by atoms with Crippen molar-refractivity contribution < 1.29 is 9.53 Å². The van der Waals surface area contributed by atoms with Crippen LogP contribution in [0.4, 0.5) is 5.69 Å². The fourth-order valence-corrected chi connectivity index (χ4v) is 3.13. The van der Waals surface area contributed by atoms with Crippen molar-refractivity contribution >= 4 is 34.8 Å². The van der Waals surface area contributed by atoms with E-state index in [1.54, 1.807) is 7.11 Å². The van der Waals surface area contributed by atoms with E-state index in [-0.39, 0.29) is 5.91 Å². The molecular formula is C15H21Cl2N3O2. The van der Waals surface area contributed by atoms with Gasteiger partial charge >= 0.3 is 0 Å². The summed E-state index contributed by atoms with van der Waals surface area (Å²) >= 11 is 12.6. The molecule has 1 heterocycles. The molecule has 5 nitrogen and oxygen atoms in total. The molecule has 0 spiro atoms. The normalized spacial score (nSPS) is 15.9. The summed E-state index contributed by atoms with van der Waals surface area (Å²) < 4.78 is 5.17. The highest BCUT2D eigenvalue weighted by Gasteiger charge is 2.21. The number of hydrogen-bond acceptors (Lipinski definition) is 4. The lowest BCUT2D eigenvalue weighted by molar-refractivity contribution is -0.118. The number of primary amides is 1. The van der Waals surface area contributed by atoms with Gasteiger partial charge in [-0.1, -0.05) is 23.2 Å². The van der Waals surface area contributed by atoms with Crippen LogP contribution in [0.5, 0.6) is 5.75 Å². The Kier molecular flexibility index (Phi) is 6.17. The van der Waals surface area contributed by atoms with Gasteiger partial charge in [-0.25, -0.2) is 0 Å². The fraction of sp³-hybridized carbons (Fsp3) is 0.533. The average molecular weight is 346 g/mol. The van der Waals surface area contributed by atoms with Crippen LogP contribution in [-0.2, 0) is 4.79 Å². The van der Waals surface area contributed by atoms with Crippen LogP contribution in [0, 0.1) is 0 Å². The van der Waals surface area contributed by atoms with Gasteiger partial charge in [0.25, 0.3) is 0 Å². The number of nitrogens with zero attached hydrogens (tertiary/aromatic N) is 2. The van der Waals surface area contributed by atoms with Crippen molar-refractivity contribution in [1.29, 1.82) is 0 Å². The lowest BCUT2D eigenvalue weighted by Crippen LogP contribution is -2.46. The smallest absolute Gasteiger partial charge is 0.217 e. The molecule has 0 radical (unpaired) electrons. The quantitative estimate of drug-likeness (QED) is 0.859. The van der Waals surface area contributed by atoms with E-state index in [0.29, 0.717) is 22.2 Å². The predicted molar refractivity (Wildman–Crippen MR) is 90.1 cm³/mol. The second kappa shape index (κ2) is 7.90. The molecule has 0 saturated carbocycles. The average Bonchev–Trinajstić information content (AvgIpc) is 2.50. The minimum atomic E-state index is -0.238. The Morgan fingerprint density at radius 1 is 1.23 bits per heavy atom. The maximum absolute atomic E-state index is 10.8. The molecule has 1 saturated heterocycles. The van der Waals surface area contributed by atoms with Gasteiger partial charge in [-0.05, 0) is 25.1 Å². The van der Waals surface area contributed by atoms with E-state index in [0.717, 1.165) is 44.8 Å². The number of hydrogen-bond donors (Lipinski definition) is 1. The van der Waals surface area contributed by atoms with Crippen LogP contribution < -0.4 is 15.4 Å². The number of carbonyl (C=O) groups is 1. The third-order valence-corrected chi connectivity index (χ3v) is 4.71. The van der Waals surface area contributed by atoms with E-state index in [1.807, 2.05) is 12.1 Å². The van der Waals surface area contributed by atoms with Gasteiger partial charge in [0.1, 0.15) is 10.8 Å². The predicted octanol–water partition coefficient (Wildman–Crippen LogP) is 2.39. The van der Waals surface area contributed by atoms with Crippen molar-refractivity contribution in [2.75, 3.05) is 44.7 Å². The number of amides is 1. The summed E-state index contributed by atoms with van der Waals surface area (Å²) in [6.07, 6.45) is 1.25. The van der Waals surface area contributed by atoms with Crippen molar-refractivity contribution in [3.05, 3.63) is 22.2 Å². The molecule has 22 heavy (non-hydrogen) atoms. The SMILES string of the molecule is COc1ccc(N2CCN(CCCC(N)=O)CC2)c(Cl)c1Cl. The Balaban J connectivity index is 1.92. The topological polar surface area (TPSA) is 58.8 Å². The largest absolute Gasteiger partial charge is 0.495 e. The molecule has 0 bridgehead atoms. The van der Waals surface area contributed by atoms with Crippen molar-refractivity contribution in [3.63, 3.8) is 0 Å². The number of ether oxygens (including phenoxy) is 1. The molecule has 1 amide bonds. The highest BCUT2D eigenvalue weighted by Crippen LogP contribution is 2.39. The molecule has 2 rings (SSSR count). The van der Waals surface area contributed by atoms with Crippen LogP contribution in [0.2, 0.25) is 10.0 Å². The van der Waals surface area contributed by atoms with Gasteiger partial charge in [0.2, 0.25) is 5.91 Å². The Hall–Kier alpha value is -1.17. The minimum absolute atomic E-state index is 0.238. The van der Waals surface area contributed by atoms with E-state index in [2.05, 4.69) is 9.80 Å². The molecule has 7 heteroatoms. The lowest BCUT2D eigenvalue weighted by Gasteiger charge is -2.36. The second-order valence-electron chi connectivity index (χ2n) is 5.31. The summed E-state index contributed by atoms with van der Waals surface area (Å²) in [6.45, 7) is 4.50. The summed E-state index contributed by atoms with van der Waals surface area (Å²) in [5, 5.41) is 0.980. The van der Waals surface area contributed by atoms with Crippen LogP contribution in [-0.4, -0.2) is 50.6 Å². The zero-order valence-corrected chi connectivity index (χ0v) is 14.2. The standard InChI is InChI=1S/C15H21Cl2N3O2/c1-22-12-5-4-11(14(16)15(12)17)20-9-7-19(8-10-20)6-2-3-13(18)21/h4-5H,2-3,6-10H2,1H3,(H2,18,21). The zero-order chi connectivity index (χ0) is 16.1. The molecule has 1 aromatic carbocycles. The Morgan fingerprint density at radius 2 is 1.91 bits per heavy atom. The van der Waals surface area contributed by atoms with Crippen molar-refractivity contribution in [2.45, 2.75) is 12.8 Å². The van der Waals surface area contributed by atoms with Crippen LogP contribution >= 0.6 is 23.2 Å². The first-order valence-electron chi connectivity index (χ1n) is 7.30. The van der Waals surface area contributed by atoms with Gasteiger partial charge in [0, 0.05) is 32.6 Å². The van der Waals surface area contributed by atoms with E-state index < -0.39 is 0 Å². The van der Waals surface area contributed by atoms with Crippen molar-refractivity contribution in [2.24, 2.45) is 5.73 Å². The van der Waals surface area contributed by atoms with Crippen LogP contribution in [0.1, 0.15) is 12.8 Å². The first kappa shape index (κ1) is 17.2. The second-order valence-corrected chi connectivity index (χ2v) is 6.07. The molecule has 0 unspecified atom stereocenters. The number of rotatable bonds is 6. The molecule has 2 N–H and O–H groups in total. The first-order chi connectivity index (χ1) is 10.5.